The lowest BCUT2D eigenvalue weighted by Gasteiger charge is -2.48. The number of fused-ring (bicyclic) bond motifs is 2. The monoisotopic (exact) mass is 457 g/mol. The molecule has 4 aliphatic rings. The minimum absolute atomic E-state index is 0.0259. The van der Waals surface area contributed by atoms with Crippen molar-refractivity contribution in [1.29, 1.82) is 5.26 Å². The van der Waals surface area contributed by atoms with Crippen molar-refractivity contribution in [1.82, 2.24) is 19.9 Å². The van der Waals surface area contributed by atoms with E-state index in [2.05, 4.69) is 39.6 Å². The summed E-state index contributed by atoms with van der Waals surface area (Å²) < 4.78 is 0. The summed E-state index contributed by atoms with van der Waals surface area (Å²) in [5.41, 5.74) is 1.85. The maximum atomic E-state index is 13.0. The highest BCUT2D eigenvalue weighted by Gasteiger charge is 2.52. The zero-order valence-electron chi connectivity index (χ0n) is 19.9. The van der Waals surface area contributed by atoms with Crippen molar-refractivity contribution in [3.8, 4) is 6.07 Å². The van der Waals surface area contributed by atoms with Crippen LogP contribution in [0.1, 0.15) is 63.5 Å². The standard InChI is InChI=1S/C26H31N7O/c1-17-14-32(25(34)20-5-3-6-20)18(2)13-31(17)23-22-24(30-16-29-23)33(15-26(22)8-4-9-26)21-11-19(12-27)7-10-28-21/h7,10-11,16-18,20H,3-6,8-9,13-15H2,1-2H3/t17-,18-/m1/s1. The van der Waals surface area contributed by atoms with E-state index >= 15 is 0 Å². The number of carbonyl (C=O) groups is 1. The molecule has 8 heteroatoms. The number of hydrogen-bond acceptors (Lipinski definition) is 7. The lowest BCUT2D eigenvalue weighted by molar-refractivity contribution is -0.141. The first-order chi connectivity index (χ1) is 16.5. The second-order valence-corrected chi connectivity index (χ2v) is 10.6. The van der Waals surface area contributed by atoms with Crippen molar-refractivity contribution < 1.29 is 4.79 Å². The summed E-state index contributed by atoms with van der Waals surface area (Å²) in [5, 5.41) is 9.39. The molecule has 34 heavy (non-hydrogen) atoms. The molecule has 1 spiro atoms. The molecule has 0 N–H and O–H groups in total. The number of aromatic nitrogens is 3. The highest BCUT2D eigenvalue weighted by atomic mass is 16.2. The van der Waals surface area contributed by atoms with Crippen LogP contribution in [0.5, 0.6) is 0 Å². The van der Waals surface area contributed by atoms with Gasteiger partial charge in [-0.3, -0.25) is 4.79 Å². The van der Waals surface area contributed by atoms with Crippen LogP contribution >= 0.6 is 0 Å². The zero-order valence-corrected chi connectivity index (χ0v) is 19.9. The molecule has 4 heterocycles. The predicted molar refractivity (Wildman–Crippen MR) is 129 cm³/mol. The van der Waals surface area contributed by atoms with Crippen LogP contribution in [0.3, 0.4) is 0 Å². The third kappa shape index (κ3) is 3.17. The van der Waals surface area contributed by atoms with E-state index in [0.29, 0.717) is 11.5 Å². The summed E-state index contributed by atoms with van der Waals surface area (Å²) in [4.78, 5) is 33.9. The summed E-state index contributed by atoms with van der Waals surface area (Å²) in [6.45, 7) is 6.71. The maximum absolute atomic E-state index is 13.0. The third-order valence-electron chi connectivity index (χ3n) is 8.51. The van der Waals surface area contributed by atoms with Crippen LogP contribution in [0.15, 0.2) is 24.7 Å². The van der Waals surface area contributed by atoms with E-state index in [0.717, 1.165) is 62.8 Å². The fraction of sp³-hybridized carbons (Fsp3) is 0.577. The van der Waals surface area contributed by atoms with E-state index in [1.54, 1.807) is 18.6 Å². The van der Waals surface area contributed by atoms with Gasteiger partial charge in [-0.05, 0) is 51.7 Å². The van der Waals surface area contributed by atoms with Gasteiger partial charge in [-0.2, -0.15) is 5.26 Å². The molecule has 8 nitrogen and oxygen atoms in total. The van der Waals surface area contributed by atoms with Crippen LogP contribution in [0.2, 0.25) is 0 Å². The molecule has 3 fully saturated rings. The van der Waals surface area contributed by atoms with Crippen LogP contribution in [-0.2, 0) is 10.2 Å². The van der Waals surface area contributed by atoms with Gasteiger partial charge in [0.25, 0.3) is 0 Å². The van der Waals surface area contributed by atoms with Gasteiger partial charge in [0.05, 0.1) is 11.6 Å². The van der Waals surface area contributed by atoms with Gasteiger partial charge in [0, 0.05) is 54.8 Å². The Balaban J connectivity index is 1.35. The van der Waals surface area contributed by atoms with E-state index in [9.17, 15) is 10.1 Å². The highest BCUT2D eigenvalue weighted by Crippen LogP contribution is 2.56. The van der Waals surface area contributed by atoms with Gasteiger partial charge < -0.3 is 14.7 Å². The molecule has 0 aromatic carbocycles. The normalized spacial score (nSPS) is 25.5. The molecule has 0 unspecified atom stereocenters. The van der Waals surface area contributed by atoms with E-state index in [1.165, 1.54) is 18.4 Å². The van der Waals surface area contributed by atoms with Crippen molar-refractivity contribution in [2.75, 3.05) is 29.4 Å². The number of pyridine rings is 1. The zero-order chi connectivity index (χ0) is 23.4. The van der Waals surface area contributed by atoms with Crippen LogP contribution in [0.25, 0.3) is 0 Å². The van der Waals surface area contributed by atoms with Crippen molar-refractivity contribution in [3.05, 3.63) is 35.8 Å². The van der Waals surface area contributed by atoms with Crippen LogP contribution < -0.4 is 9.80 Å². The van der Waals surface area contributed by atoms with Crippen molar-refractivity contribution in [2.45, 2.75) is 69.9 Å². The molecule has 0 bridgehead atoms. The molecular formula is C26H31N7O. The van der Waals surface area contributed by atoms with Gasteiger partial charge in [0.1, 0.15) is 23.8 Å². The average molecular weight is 458 g/mol. The second-order valence-electron chi connectivity index (χ2n) is 10.6. The number of rotatable bonds is 3. The maximum Gasteiger partial charge on any atom is 0.226 e. The Labute approximate surface area is 200 Å². The lowest BCUT2D eigenvalue weighted by Crippen LogP contribution is -2.60. The number of carbonyl (C=O) groups excluding carboxylic acids is 1. The molecule has 2 saturated carbocycles. The Kier molecular flexibility index (Phi) is 4.98. The fourth-order valence-corrected chi connectivity index (χ4v) is 6.18. The summed E-state index contributed by atoms with van der Waals surface area (Å²) in [6, 6.07) is 6.14. The molecule has 1 amide bonds. The van der Waals surface area contributed by atoms with Crippen LogP contribution in [-0.4, -0.2) is 57.5 Å². The minimum Gasteiger partial charge on any atom is -0.350 e. The molecular weight excluding hydrogens is 426 g/mol. The Morgan fingerprint density at radius 3 is 2.56 bits per heavy atom. The molecule has 2 aliphatic carbocycles. The van der Waals surface area contributed by atoms with E-state index < -0.39 is 0 Å². The minimum atomic E-state index is 0.0259. The smallest absolute Gasteiger partial charge is 0.226 e. The number of nitriles is 1. The van der Waals surface area contributed by atoms with Gasteiger partial charge >= 0.3 is 0 Å². The van der Waals surface area contributed by atoms with E-state index in [1.807, 2.05) is 6.07 Å². The molecule has 6 rings (SSSR count). The largest absolute Gasteiger partial charge is 0.350 e. The summed E-state index contributed by atoms with van der Waals surface area (Å²) in [7, 11) is 0. The first kappa shape index (κ1) is 21.3. The van der Waals surface area contributed by atoms with Gasteiger partial charge in [0.15, 0.2) is 0 Å². The SMILES string of the molecule is C[C@@H]1CN(c2ncnc3c2C2(CCC2)CN3c2cc(C#N)ccn2)[C@H](C)CN1C(=O)C1CCC1. The molecule has 2 aromatic heterocycles. The van der Waals surface area contributed by atoms with Crippen LogP contribution in [0.4, 0.5) is 17.5 Å². The van der Waals surface area contributed by atoms with E-state index in [-0.39, 0.29) is 23.4 Å². The second kappa shape index (κ2) is 7.93. The predicted octanol–water partition coefficient (Wildman–Crippen LogP) is 3.54. The summed E-state index contributed by atoms with van der Waals surface area (Å²) in [5.74, 6) is 3.26. The van der Waals surface area contributed by atoms with Gasteiger partial charge in [-0.25, -0.2) is 15.0 Å². The number of nitrogens with zero attached hydrogens (tertiary/aromatic N) is 7. The van der Waals surface area contributed by atoms with E-state index in [4.69, 9.17) is 9.97 Å². The topological polar surface area (TPSA) is 89.2 Å². The molecule has 176 valence electrons. The van der Waals surface area contributed by atoms with Crippen molar-refractivity contribution in [3.63, 3.8) is 0 Å². The lowest BCUT2D eigenvalue weighted by atomic mass is 9.66. The summed E-state index contributed by atoms with van der Waals surface area (Å²) in [6.07, 6.45) is 10.0. The average Bonchev–Trinajstić information content (AvgIpc) is 3.16. The molecule has 1 saturated heterocycles. The van der Waals surface area contributed by atoms with Crippen molar-refractivity contribution >= 4 is 23.4 Å². The Hall–Kier alpha value is -3.21. The summed E-state index contributed by atoms with van der Waals surface area (Å²) >= 11 is 0. The first-order valence-corrected chi connectivity index (χ1v) is 12.6. The number of anilines is 3. The number of piperazine rings is 1. The quantitative estimate of drug-likeness (QED) is 0.696. The van der Waals surface area contributed by atoms with Gasteiger partial charge in [0.2, 0.25) is 5.91 Å². The number of amides is 1. The van der Waals surface area contributed by atoms with Crippen LogP contribution in [0, 0.1) is 17.2 Å². The number of hydrogen-bond donors (Lipinski definition) is 0. The van der Waals surface area contributed by atoms with Gasteiger partial charge in [-0.15, -0.1) is 0 Å². The molecule has 0 radical (unpaired) electrons. The van der Waals surface area contributed by atoms with Crippen molar-refractivity contribution in [2.24, 2.45) is 5.92 Å². The Morgan fingerprint density at radius 2 is 1.88 bits per heavy atom. The van der Waals surface area contributed by atoms with Gasteiger partial charge in [-0.1, -0.05) is 12.8 Å². The molecule has 2 aliphatic heterocycles. The first-order valence-electron chi connectivity index (χ1n) is 12.6. The Morgan fingerprint density at radius 1 is 1.09 bits per heavy atom. The molecule has 2 atom stereocenters. The Bertz CT molecular complexity index is 1170. The third-order valence-corrected chi connectivity index (χ3v) is 8.51. The molecule has 2 aromatic rings. The fourth-order valence-electron chi connectivity index (χ4n) is 6.18. The highest BCUT2D eigenvalue weighted by molar-refractivity contribution is 5.81.